The van der Waals surface area contributed by atoms with E-state index in [4.69, 9.17) is 4.89 Å². The van der Waals surface area contributed by atoms with Crippen LogP contribution in [0.15, 0.2) is 0 Å². The Morgan fingerprint density at radius 3 is 2.33 bits per heavy atom. The largest absolute Gasteiger partial charge is 0.346 e. The molecule has 2 nitrogen and oxygen atoms in total. The van der Waals surface area contributed by atoms with Gasteiger partial charge in [0.1, 0.15) is 0 Å². The molecule has 1 aliphatic rings. The first-order valence-corrected chi connectivity index (χ1v) is 4.78. The molecule has 1 atom stereocenters. The normalized spacial score (nSPS) is 25.9. The fourth-order valence-corrected chi connectivity index (χ4v) is 2.00. The highest BCUT2D eigenvalue weighted by atomic mass is 31.1. The van der Waals surface area contributed by atoms with E-state index in [-0.39, 0.29) is 5.66 Å². The second-order valence-corrected chi connectivity index (χ2v) is 3.97. The van der Waals surface area contributed by atoms with Crippen LogP contribution in [0.5, 0.6) is 0 Å². The summed E-state index contributed by atoms with van der Waals surface area (Å²) in [5.74, 6) is 0. The molecule has 0 bridgehead atoms. The van der Waals surface area contributed by atoms with Crippen LogP contribution in [-0.2, 0) is 4.57 Å². The summed E-state index contributed by atoms with van der Waals surface area (Å²) in [6.07, 6.45) is 6.10. The van der Waals surface area contributed by atoms with Crippen LogP contribution in [0.1, 0.15) is 25.7 Å². The Morgan fingerprint density at radius 1 is 1.44 bits per heavy atom. The lowest BCUT2D eigenvalue weighted by Gasteiger charge is -2.17. The van der Waals surface area contributed by atoms with Gasteiger partial charge in [-0.1, -0.05) is 0 Å². The number of rotatable bonds is 1. The lowest BCUT2D eigenvalue weighted by atomic mass is 10.0. The molecule has 1 saturated carbocycles. The predicted molar refractivity (Wildman–Crippen MR) is 37.8 cm³/mol. The Balaban J connectivity index is 2.31. The zero-order chi connectivity index (χ0) is 6.69. The van der Waals surface area contributed by atoms with Gasteiger partial charge in [0, 0.05) is 5.66 Å². The molecule has 9 heavy (non-hydrogen) atoms. The molecule has 0 heterocycles. The highest BCUT2D eigenvalue weighted by Crippen LogP contribution is 2.34. The Kier molecular flexibility index (Phi) is 2.74. The van der Waals surface area contributed by atoms with Gasteiger partial charge in [0.25, 0.3) is 0 Å². The highest BCUT2D eigenvalue weighted by Gasteiger charge is 2.17. The van der Waals surface area contributed by atoms with Crippen LogP contribution in [-0.4, -0.2) is 10.6 Å². The second-order valence-electron chi connectivity index (χ2n) is 2.48. The first-order valence-electron chi connectivity index (χ1n) is 3.35. The molecule has 0 spiro atoms. The van der Waals surface area contributed by atoms with E-state index in [0.29, 0.717) is 0 Å². The molecule has 1 N–H and O–H groups in total. The highest BCUT2D eigenvalue weighted by molar-refractivity contribution is 7.38. The van der Waals surface area contributed by atoms with Gasteiger partial charge >= 0.3 is 0 Å². The maximum Gasteiger partial charge on any atom is 0.192 e. The summed E-state index contributed by atoms with van der Waals surface area (Å²) in [5, 5.41) is 0. The monoisotopic (exact) mass is 147 g/mol. The zero-order valence-electron chi connectivity index (χ0n) is 5.34. The maximum atomic E-state index is 10.5. The van der Waals surface area contributed by atoms with Gasteiger partial charge in [0.2, 0.25) is 0 Å². The minimum Gasteiger partial charge on any atom is -0.346 e. The van der Waals surface area contributed by atoms with Crippen molar-refractivity contribution in [2.75, 3.05) is 0 Å². The van der Waals surface area contributed by atoms with Gasteiger partial charge in [-0.2, -0.15) is 0 Å². The summed E-state index contributed by atoms with van der Waals surface area (Å²) in [6, 6.07) is 0. The first-order chi connectivity index (χ1) is 4.30. The molecule has 0 aromatic rings. The Bertz CT molecular complexity index is 108. The standard InChI is InChI=1S/C6H12O2P/c7-9(8)6-4-2-1-3-5-6/h1,6,9H,2-5H2,(H,7,8). The summed E-state index contributed by atoms with van der Waals surface area (Å²) in [4.78, 5) is 8.71. The average Bonchev–Trinajstić information content (AvgIpc) is 1.90. The fraction of sp³-hybridized carbons (Fsp3) is 0.833. The quantitative estimate of drug-likeness (QED) is 0.572. The van der Waals surface area contributed by atoms with Crippen molar-refractivity contribution < 1.29 is 9.46 Å². The zero-order valence-corrected chi connectivity index (χ0v) is 6.34. The van der Waals surface area contributed by atoms with Crippen molar-refractivity contribution in [3.8, 4) is 0 Å². The van der Waals surface area contributed by atoms with Gasteiger partial charge in [-0.05, 0) is 32.1 Å². The lowest BCUT2D eigenvalue weighted by molar-refractivity contribution is 0.466. The summed E-state index contributed by atoms with van der Waals surface area (Å²) in [7, 11) is -2.21. The SMILES string of the molecule is O=[PH](O)C1CC[CH]CC1. The van der Waals surface area contributed by atoms with Crippen LogP contribution in [0, 0.1) is 6.42 Å². The van der Waals surface area contributed by atoms with Crippen molar-refractivity contribution in [2.45, 2.75) is 31.3 Å². The van der Waals surface area contributed by atoms with E-state index in [2.05, 4.69) is 6.42 Å². The van der Waals surface area contributed by atoms with E-state index in [1.54, 1.807) is 0 Å². The van der Waals surface area contributed by atoms with Crippen LogP contribution in [0.4, 0.5) is 0 Å². The second kappa shape index (κ2) is 3.38. The van der Waals surface area contributed by atoms with Crippen molar-refractivity contribution in [2.24, 2.45) is 0 Å². The molecule has 1 fully saturated rings. The molecule has 1 unspecified atom stereocenters. The molecular formula is C6H12O2P. The predicted octanol–water partition coefficient (Wildman–Crippen LogP) is 1.60. The van der Waals surface area contributed by atoms with Gasteiger partial charge in [-0.25, -0.2) is 0 Å². The van der Waals surface area contributed by atoms with Crippen LogP contribution in [0.2, 0.25) is 0 Å². The van der Waals surface area contributed by atoms with Gasteiger partial charge in [-0.15, -0.1) is 0 Å². The van der Waals surface area contributed by atoms with E-state index >= 15 is 0 Å². The van der Waals surface area contributed by atoms with Gasteiger partial charge < -0.3 is 4.89 Å². The minimum atomic E-state index is -2.21. The molecule has 0 aliphatic heterocycles. The van der Waals surface area contributed by atoms with E-state index in [1.807, 2.05) is 0 Å². The molecule has 53 valence electrons. The Labute approximate surface area is 56.1 Å². The third kappa shape index (κ3) is 2.11. The van der Waals surface area contributed by atoms with Gasteiger partial charge in [0.15, 0.2) is 8.03 Å². The summed E-state index contributed by atoms with van der Waals surface area (Å²) in [6.45, 7) is 0. The molecule has 1 radical (unpaired) electrons. The van der Waals surface area contributed by atoms with Crippen molar-refractivity contribution in [3.05, 3.63) is 6.42 Å². The minimum absolute atomic E-state index is 0.125. The third-order valence-electron chi connectivity index (χ3n) is 1.79. The van der Waals surface area contributed by atoms with E-state index in [0.717, 1.165) is 25.7 Å². The smallest absolute Gasteiger partial charge is 0.192 e. The Morgan fingerprint density at radius 2 is 2.00 bits per heavy atom. The van der Waals surface area contributed by atoms with E-state index in [1.165, 1.54) is 0 Å². The average molecular weight is 147 g/mol. The van der Waals surface area contributed by atoms with Crippen molar-refractivity contribution >= 4 is 8.03 Å². The molecule has 3 heteroatoms. The van der Waals surface area contributed by atoms with Gasteiger partial charge in [0.05, 0.1) is 0 Å². The van der Waals surface area contributed by atoms with E-state index < -0.39 is 8.03 Å². The number of hydrogen-bond acceptors (Lipinski definition) is 1. The van der Waals surface area contributed by atoms with E-state index in [9.17, 15) is 4.57 Å². The van der Waals surface area contributed by atoms with Crippen LogP contribution < -0.4 is 0 Å². The molecule has 1 rings (SSSR count). The van der Waals surface area contributed by atoms with Crippen LogP contribution in [0.25, 0.3) is 0 Å². The number of hydrogen-bond donors (Lipinski definition) is 1. The summed E-state index contributed by atoms with van der Waals surface area (Å²) >= 11 is 0. The topological polar surface area (TPSA) is 37.3 Å². The van der Waals surface area contributed by atoms with Crippen molar-refractivity contribution in [3.63, 3.8) is 0 Å². The summed E-state index contributed by atoms with van der Waals surface area (Å²) < 4.78 is 10.5. The molecular weight excluding hydrogens is 135 g/mol. The molecule has 0 aromatic heterocycles. The molecule has 0 amide bonds. The van der Waals surface area contributed by atoms with Gasteiger partial charge in [-0.3, -0.25) is 4.57 Å². The van der Waals surface area contributed by atoms with Crippen molar-refractivity contribution in [1.82, 2.24) is 0 Å². The molecule has 0 aromatic carbocycles. The summed E-state index contributed by atoms with van der Waals surface area (Å²) in [5.41, 5.74) is 0.125. The van der Waals surface area contributed by atoms with Crippen LogP contribution in [0.3, 0.4) is 0 Å². The lowest BCUT2D eigenvalue weighted by Crippen LogP contribution is -2.07. The fourth-order valence-electron chi connectivity index (χ4n) is 1.17. The molecule has 1 aliphatic carbocycles. The molecule has 0 saturated heterocycles. The first kappa shape index (κ1) is 7.30. The Hall–Kier alpha value is 0.190. The van der Waals surface area contributed by atoms with Crippen molar-refractivity contribution in [1.29, 1.82) is 0 Å². The maximum absolute atomic E-state index is 10.5. The van der Waals surface area contributed by atoms with Crippen LogP contribution >= 0.6 is 8.03 Å². The third-order valence-corrected chi connectivity index (χ3v) is 3.06.